The van der Waals surface area contributed by atoms with E-state index >= 15 is 0 Å². The summed E-state index contributed by atoms with van der Waals surface area (Å²) in [5.74, 6) is -0.834. The highest BCUT2D eigenvalue weighted by Gasteiger charge is 2.67. The van der Waals surface area contributed by atoms with Gasteiger partial charge in [0.25, 0.3) is 0 Å². The van der Waals surface area contributed by atoms with Gasteiger partial charge in [-0.15, -0.1) is 0 Å². The van der Waals surface area contributed by atoms with Gasteiger partial charge in [0, 0.05) is 11.8 Å². The van der Waals surface area contributed by atoms with Crippen molar-refractivity contribution in [3.05, 3.63) is 23.3 Å². The zero-order chi connectivity index (χ0) is 15.8. The summed E-state index contributed by atoms with van der Waals surface area (Å²) in [5.41, 5.74) is -0.996. The predicted octanol–water partition coefficient (Wildman–Crippen LogP) is 3.52. The molecule has 0 unspecified atom stereocenters. The number of fused-ring (bicyclic) bond motifs is 1. The van der Waals surface area contributed by atoms with Crippen molar-refractivity contribution in [2.75, 3.05) is 0 Å². The molecule has 108 valence electrons. The summed E-state index contributed by atoms with van der Waals surface area (Å²) in [7, 11) is 0. The highest BCUT2D eigenvalue weighted by Crippen LogP contribution is 2.62. The van der Waals surface area contributed by atoms with E-state index < -0.39 is 16.7 Å². The lowest BCUT2D eigenvalue weighted by atomic mass is 9.45. The maximum atomic E-state index is 9.82. The molecule has 0 aliphatic heterocycles. The average molecular weight is 288 g/mol. The minimum atomic E-state index is -1.60. The van der Waals surface area contributed by atoms with E-state index in [9.17, 15) is 21.0 Å². The smallest absolute Gasteiger partial charge is 0.186 e. The molecular weight excluding hydrogens is 272 g/mol. The molecule has 1 fully saturated rings. The Hall–Kier alpha value is -2.56. The van der Waals surface area contributed by atoms with Crippen molar-refractivity contribution >= 4 is 0 Å². The SMILES string of the molecule is N#CC1(C#N)C2C=C3CCCCCCC(=C2)C3C1(C#N)C#N. The fourth-order valence-corrected chi connectivity index (χ4v) is 4.38. The second kappa shape index (κ2) is 5.02. The average Bonchev–Trinajstić information content (AvgIpc) is 2.62. The molecule has 22 heavy (non-hydrogen) atoms. The van der Waals surface area contributed by atoms with E-state index in [4.69, 9.17) is 0 Å². The molecule has 4 aliphatic rings. The minimum Gasteiger partial charge on any atom is -0.196 e. The Morgan fingerprint density at radius 1 is 0.727 bits per heavy atom. The monoisotopic (exact) mass is 288 g/mol. The summed E-state index contributed by atoms with van der Waals surface area (Å²) < 4.78 is 0. The van der Waals surface area contributed by atoms with E-state index in [2.05, 4.69) is 12.1 Å². The van der Waals surface area contributed by atoms with Crippen molar-refractivity contribution in [1.29, 1.82) is 21.0 Å². The summed E-state index contributed by atoms with van der Waals surface area (Å²) in [6.07, 6.45) is 10.1. The number of nitrogens with zero attached hydrogens (tertiary/aromatic N) is 4. The van der Waals surface area contributed by atoms with Crippen molar-refractivity contribution in [3.8, 4) is 24.3 Å². The van der Waals surface area contributed by atoms with Crippen molar-refractivity contribution in [2.45, 2.75) is 38.5 Å². The summed E-state index contributed by atoms with van der Waals surface area (Å²) in [4.78, 5) is 0. The van der Waals surface area contributed by atoms with Crippen LogP contribution >= 0.6 is 0 Å². The third-order valence-corrected chi connectivity index (χ3v) is 5.47. The lowest BCUT2D eigenvalue weighted by molar-refractivity contribution is 0.162. The Labute approximate surface area is 130 Å². The van der Waals surface area contributed by atoms with Crippen LogP contribution in [0.4, 0.5) is 0 Å². The first-order chi connectivity index (χ1) is 10.7. The van der Waals surface area contributed by atoms with Crippen LogP contribution in [-0.4, -0.2) is 0 Å². The van der Waals surface area contributed by atoms with Crippen molar-refractivity contribution in [3.63, 3.8) is 0 Å². The molecule has 0 saturated heterocycles. The number of nitriles is 4. The van der Waals surface area contributed by atoms with Crippen LogP contribution in [0.15, 0.2) is 23.3 Å². The molecule has 0 radical (unpaired) electrons. The van der Waals surface area contributed by atoms with Gasteiger partial charge in [0.15, 0.2) is 10.8 Å². The Kier molecular flexibility index (Phi) is 3.28. The maximum Gasteiger partial charge on any atom is 0.186 e. The zero-order valence-electron chi connectivity index (χ0n) is 12.3. The molecule has 0 N–H and O–H groups in total. The predicted molar refractivity (Wildman–Crippen MR) is 78.2 cm³/mol. The molecule has 0 aromatic rings. The third kappa shape index (κ3) is 1.53. The highest BCUT2D eigenvalue weighted by molar-refractivity contribution is 5.53. The maximum absolute atomic E-state index is 9.82. The molecule has 0 amide bonds. The van der Waals surface area contributed by atoms with Crippen LogP contribution < -0.4 is 0 Å². The molecule has 1 saturated carbocycles. The van der Waals surface area contributed by atoms with Gasteiger partial charge in [0.1, 0.15) is 0 Å². The molecule has 0 atom stereocenters. The Morgan fingerprint density at radius 2 is 1.18 bits per heavy atom. The summed E-state index contributed by atoms with van der Waals surface area (Å²) >= 11 is 0. The van der Waals surface area contributed by atoms with Gasteiger partial charge in [0.05, 0.1) is 24.3 Å². The minimum absolute atomic E-state index is 0.384. The first-order valence-electron chi connectivity index (χ1n) is 7.75. The molecule has 4 aliphatic carbocycles. The van der Waals surface area contributed by atoms with Gasteiger partial charge < -0.3 is 0 Å². The van der Waals surface area contributed by atoms with Crippen LogP contribution in [0.5, 0.6) is 0 Å². The van der Waals surface area contributed by atoms with Crippen LogP contribution in [0.3, 0.4) is 0 Å². The Bertz CT molecular complexity index is 675. The molecule has 4 bridgehead atoms. The summed E-state index contributed by atoms with van der Waals surface area (Å²) in [5, 5.41) is 39.0. The van der Waals surface area contributed by atoms with E-state index in [1.165, 1.54) is 0 Å². The Balaban J connectivity index is 2.28. The van der Waals surface area contributed by atoms with E-state index in [0.29, 0.717) is 0 Å². The van der Waals surface area contributed by atoms with E-state index in [-0.39, 0.29) is 5.92 Å². The van der Waals surface area contributed by atoms with Crippen molar-refractivity contribution < 1.29 is 0 Å². The second-order valence-corrected chi connectivity index (χ2v) is 6.42. The molecule has 4 heteroatoms. The molecule has 4 rings (SSSR count). The van der Waals surface area contributed by atoms with Gasteiger partial charge in [-0.3, -0.25) is 0 Å². The third-order valence-electron chi connectivity index (χ3n) is 5.47. The van der Waals surface area contributed by atoms with Crippen LogP contribution in [0.25, 0.3) is 0 Å². The molecule has 4 nitrogen and oxygen atoms in total. The normalized spacial score (nSPS) is 25.8. The molecular formula is C18H16N4. The standard InChI is InChI=1S/C18H16N4/c19-9-17(10-20)15-7-13-5-3-1-2-4-6-14(8-15)16(13)18(17,11-21)12-22/h7-8,15-16H,1-6H2. The Morgan fingerprint density at radius 3 is 1.59 bits per heavy atom. The molecule has 0 aromatic heterocycles. The van der Waals surface area contributed by atoms with Crippen LogP contribution in [0.1, 0.15) is 38.5 Å². The van der Waals surface area contributed by atoms with E-state index in [0.717, 1.165) is 49.7 Å². The van der Waals surface area contributed by atoms with Crippen LogP contribution in [0.2, 0.25) is 0 Å². The lowest BCUT2D eigenvalue weighted by Gasteiger charge is -2.50. The summed E-state index contributed by atoms with van der Waals surface area (Å²) in [6, 6.07) is 8.28. The van der Waals surface area contributed by atoms with Gasteiger partial charge in [0.2, 0.25) is 0 Å². The molecule has 0 spiro atoms. The van der Waals surface area contributed by atoms with Gasteiger partial charge in [-0.25, -0.2) is 0 Å². The fraction of sp³-hybridized carbons (Fsp3) is 0.556. The number of hydrogen-bond acceptors (Lipinski definition) is 4. The summed E-state index contributed by atoms with van der Waals surface area (Å²) in [6.45, 7) is 0. The van der Waals surface area contributed by atoms with Crippen molar-refractivity contribution in [2.24, 2.45) is 22.7 Å². The molecule has 0 aromatic carbocycles. The number of rotatable bonds is 0. The first kappa shape index (κ1) is 14.4. The van der Waals surface area contributed by atoms with Gasteiger partial charge in [-0.2, -0.15) is 21.0 Å². The second-order valence-electron chi connectivity index (χ2n) is 6.42. The quantitative estimate of drug-likeness (QED) is 0.637. The topological polar surface area (TPSA) is 95.2 Å². The van der Waals surface area contributed by atoms with Crippen LogP contribution in [0, 0.1) is 68.0 Å². The zero-order valence-corrected chi connectivity index (χ0v) is 12.3. The number of allylic oxidation sites excluding steroid dienone is 4. The van der Waals surface area contributed by atoms with Crippen LogP contribution in [-0.2, 0) is 0 Å². The van der Waals surface area contributed by atoms with E-state index in [1.807, 2.05) is 24.3 Å². The fourth-order valence-electron chi connectivity index (χ4n) is 4.38. The first-order valence-corrected chi connectivity index (χ1v) is 7.75. The molecule has 0 heterocycles. The number of hydrogen-bond donors (Lipinski definition) is 0. The highest BCUT2D eigenvalue weighted by atomic mass is 14.7. The van der Waals surface area contributed by atoms with Crippen molar-refractivity contribution in [1.82, 2.24) is 0 Å². The van der Waals surface area contributed by atoms with Gasteiger partial charge in [-0.05, 0) is 25.7 Å². The largest absolute Gasteiger partial charge is 0.196 e. The van der Waals surface area contributed by atoms with Gasteiger partial charge >= 0.3 is 0 Å². The van der Waals surface area contributed by atoms with E-state index in [1.54, 1.807) is 0 Å². The lowest BCUT2D eigenvalue weighted by Crippen LogP contribution is -2.54. The van der Waals surface area contributed by atoms with Gasteiger partial charge in [-0.1, -0.05) is 36.1 Å².